The van der Waals surface area contributed by atoms with Gasteiger partial charge in [-0.25, -0.2) is 0 Å². The van der Waals surface area contributed by atoms with E-state index >= 15 is 0 Å². The number of nitrogen functional groups attached to an aromatic ring is 1. The molecule has 1 saturated carbocycles. The summed E-state index contributed by atoms with van der Waals surface area (Å²) in [4.78, 5) is 4.38. The standard InChI is InChI=1S/C15H24N2O2/c1-15(2,3)19-14-12(16)9-10-13(17-14)18-11-7-5-4-6-8-11/h9-11H,4-8,16H2,1-3H3. The minimum Gasteiger partial charge on any atom is -0.474 e. The molecule has 1 aromatic heterocycles. The van der Waals surface area contributed by atoms with Gasteiger partial charge in [0, 0.05) is 6.07 Å². The molecule has 1 aromatic rings. The fourth-order valence-corrected chi connectivity index (χ4v) is 2.23. The summed E-state index contributed by atoms with van der Waals surface area (Å²) in [6, 6.07) is 3.62. The largest absolute Gasteiger partial charge is 0.474 e. The van der Waals surface area contributed by atoms with Crippen molar-refractivity contribution in [1.29, 1.82) is 0 Å². The van der Waals surface area contributed by atoms with E-state index in [4.69, 9.17) is 15.2 Å². The van der Waals surface area contributed by atoms with E-state index in [9.17, 15) is 0 Å². The third-order valence-electron chi connectivity index (χ3n) is 3.11. The number of pyridine rings is 1. The third kappa shape index (κ3) is 4.30. The predicted octanol–water partition coefficient (Wildman–Crippen LogP) is 3.55. The summed E-state index contributed by atoms with van der Waals surface area (Å²) in [5.74, 6) is 1.07. The lowest BCUT2D eigenvalue weighted by Crippen LogP contribution is -2.25. The van der Waals surface area contributed by atoms with Crippen molar-refractivity contribution in [3.63, 3.8) is 0 Å². The molecule has 0 spiro atoms. The molecule has 106 valence electrons. The van der Waals surface area contributed by atoms with Crippen LogP contribution in [0.4, 0.5) is 5.69 Å². The van der Waals surface area contributed by atoms with Crippen LogP contribution >= 0.6 is 0 Å². The Morgan fingerprint density at radius 2 is 1.84 bits per heavy atom. The summed E-state index contributed by atoms with van der Waals surface area (Å²) in [5, 5.41) is 0. The molecule has 0 radical (unpaired) electrons. The van der Waals surface area contributed by atoms with Crippen LogP contribution < -0.4 is 15.2 Å². The Kier molecular flexibility index (Phi) is 4.17. The van der Waals surface area contributed by atoms with Gasteiger partial charge in [0.2, 0.25) is 11.8 Å². The van der Waals surface area contributed by atoms with Crippen molar-refractivity contribution in [3.05, 3.63) is 12.1 Å². The lowest BCUT2D eigenvalue weighted by atomic mass is 9.98. The zero-order chi connectivity index (χ0) is 13.9. The van der Waals surface area contributed by atoms with E-state index < -0.39 is 0 Å². The summed E-state index contributed by atoms with van der Waals surface area (Å²) in [6.45, 7) is 5.92. The zero-order valence-electron chi connectivity index (χ0n) is 12.1. The van der Waals surface area contributed by atoms with E-state index in [1.807, 2.05) is 26.8 Å². The van der Waals surface area contributed by atoms with Crippen molar-refractivity contribution in [2.45, 2.75) is 64.6 Å². The average Bonchev–Trinajstić information content (AvgIpc) is 2.33. The number of rotatable bonds is 3. The van der Waals surface area contributed by atoms with Gasteiger partial charge < -0.3 is 15.2 Å². The van der Waals surface area contributed by atoms with Crippen LogP contribution in [0, 0.1) is 0 Å². The molecule has 2 N–H and O–H groups in total. The molecule has 1 aliphatic carbocycles. The van der Waals surface area contributed by atoms with Crippen molar-refractivity contribution >= 4 is 5.69 Å². The molecule has 19 heavy (non-hydrogen) atoms. The fraction of sp³-hybridized carbons (Fsp3) is 0.667. The van der Waals surface area contributed by atoms with Crippen LogP contribution in [0.15, 0.2) is 12.1 Å². The first-order valence-electron chi connectivity index (χ1n) is 7.06. The van der Waals surface area contributed by atoms with Crippen molar-refractivity contribution in [2.75, 3.05) is 5.73 Å². The summed E-state index contributed by atoms with van der Waals surface area (Å²) in [5.41, 5.74) is 6.12. The minimum atomic E-state index is -0.315. The van der Waals surface area contributed by atoms with Crippen LogP contribution in [0.25, 0.3) is 0 Å². The van der Waals surface area contributed by atoms with Crippen molar-refractivity contribution in [2.24, 2.45) is 0 Å². The Balaban J connectivity index is 2.07. The monoisotopic (exact) mass is 264 g/mol. The van der Waals surface area contributed by atoms with E-state index in [1.165, 1.54) is 19.3 Å². The second-order valence-corrected chi connectivity index (χ2v) is 6.14. The molecule has 0 aliphatic heterocycles. The van der Waals surface area contributed by atoms with E-state index in [1.54, 1.807) is 6.07 Å². The number of anilines is 1. The summed E-state index contributed by atoms with van der Waals surface area (Å²) >= 11 is 0. The summed E-state index contributed by atoms with van der Waals surface area (Å²) in [7, 11) is 0. The van der Waals surface area contributed by atoms with Crippen LogP contribution in [0.1, 0.15) is 52.9 Å². The zero-order valence-corrected chi connectivity index (χ0v) is 12.1. The van der Waals surface area contributed by atoms with Gasteiger partial charge in [0.25, 0.3) is 0 Å². The van der Waals surface area contributed by atoms with Gasteiger partial charge in [-0.3, -0.25) is 0 Å². The van der Waals surface area contributed by atoms with Gasteiger partial charge in [0.15, 0.2) is 0 Å². The maximum absolute atomic E-state index is 5.92. The fourth-order valence-electron chi connectivity index (χ4n) is 2.23. The lowest BCUT2D eigenvalue weighted by Gasteiger charge is -2.24. The molecule has 1 aliphatic rings. The molecule has 2 rings (SSSR count). The number of nitrogens with zero attached hydrogens (tertiary/aromatic N) is 1. The van der Waals surface area contributed by atoms with Gasteiger partial charge in [-0.2, -0.15) is 4.98 Å². The SMILES string of the molecule is CC(C)(C)Oc1nc(OC2CCCCC2)ccc1N. The predicted molar refractivity (Wildman–Crippen MR) is 76.5 cm³/mol. The van der Waals surface area contributed by atoms with Crippen molar-refractivity contribution in [1.82, 2.24) is 4.98 Å². The highest BCUT2D eigenvalue weighted by Gasteiger charge is 2.18. The van der Waals surface area contributed by atoms with Gasteiger partial charge in [-0.05, 0) is 52.5 Å². The first kappa shape index (κ1) is 14.0. The molecule has 0 bridgehead atoms. The summed E-state index contributed by atoms with van der Waals surface area (Å²) < 4.78 is 11.7. The average molecular weight is 264 g/mol. The van der Waals surface area contributed by atoms with Crippen molar-refractivity contribution < 1.29 is 9.47 Å². The lowest BCUT2D eigenvalue weighted by molar-refractivity contribution is 0.118. The first-order valence-corrected chi connectivity index (χ1v) is 7.06. The molecule has 4 heteroatoms. The Bertz CT molecular complexity index is 421. The Morgan fingerprint density at radius 1 is 1.16 bits per heavy atom. The molecule has 1 heterocycles. The molecular formula is C15H24N2O2. The molecule has 0 saturated heterocycles. The van der Waals surface area contributed by atoms with E-state index in [0.717, 1.165) is 12.8 Å². The molecule has 0 atom stereocenters. The Morgan fingerprint density at radius 3 is 2.47 bits per heavy atom. The highest BCUT2D eigenvalue weighted by atomic mass is 16.5. The van der Waals surface area contributed by atoms with Crippen LogP contribution in [0.2, 0.25) is 0 Å². The first-order chi connectivity index (χ1) is 8.94. The Labute approximate surface area is 115 Å². The third-order valence-corrected chi connectivity index (χ3v) is 3.11. The maximum atomic E-state index is 5.92. The number of nitrogens with two attached hydrogens (primary N) is 1. The van der Waals surface area contributed by atoms with Gasteiger partial charge in [0.05, 0.1) is 5.69 Å². The molecule has 1 fully saturated rings. The second kappa shape index (κ2) is 5.68. The van der Waals surface area contributed by atoms with Gasteiger partial charge >= 0.3 is 0 Å². The van der Waals surface area contributed by atoms with E-state index in [2.05, 4.69) is 4.98 Å². The highest BCUT2D eigenvalue weighted by Crippen LogP contribution is 2.28. The van der Waals surface area contributed by atoms with Crippen LogP contribution in [-0.2, 0) is 0 Å². The smallest absolute Gasteiger partial charge is 0.241 e. The molecular weight excluding hydrogens is 240 g/mol. The van der Waals surface area contributed by atoms with E-state index in [-0.39, 0.29) is 11.7 Å². The van der Waals surface area contributed by atoms with Crippen LogP contribution in [0.3, 0.4) is 0 Å². The maximum Gasteiger partial charge on any atom is 0.241 e. The molecule has 0 unspecified atom stereocenters. The highest BCUT2D eigenvalue weighted by molar-refractivity contribution is 5.49. The van der Waals surface area contributed by atoms with Gasteiger partial charge in [0.1, 0.15) is 11.7 Å². The van der Waals surface area contributed by atoms with Crippen LogP contribution in [0.5, 0.6) is 11.8 Å². The second-order valence-electron chi connectivity index (χ2n) is 6.14. The molecule has 4 nitrogen and oxygen atoms in total. The number of ether oxygens (including phenoxy) is 2. The summed E-state index contributed by atoms with van der Waals surface area (Å²) in [6.07, 6.45) is 6.30. The van der Waals surface area contributed by atoms with Gasteiger partial charge in [-0.15, -0.1) is 0 Å². The Hall–Kier alpha value is -1.45. The van der Waals surface area contributed by atoms with Crippen LogP contribution in [-0.4, -0.2) is 16.7 Å². The molecule has 0 amide bonds. The number of aromatic nitrogens is 1. The molecule has 0 aromatic carbocycles. The van der Waals surface area contributed by atoms with Gasteiger partial charge in [-0.1, -0.05) is 6.42 Å². The number of hydrogen-bond acceptors (Lipinski definition) is 4. The minimum absolute atomic E-state index is 0.285. The normalized spacial score (nSPS) is 17.2. The number of hydrogen-bond donors (Lipinski definition) is 1. The quantitative estimate of drug-likeness (QED) is 0.907. The van der Waals surface area contributed by atoms with E-state index in [0.29, 0.717) is 17.4 Å². The van der Waals surface area contributed by atoms with Crippen molar-refractivity contribution in [3.8, 4) is 11.8 Å². The topological polar surface area (TPSA) is 57.4 Å².